The number of nitrogens with one attached hydrogen (secondary N) is 1. The number of carbonyl (C=O) groups excluding carboxylic acids is 1. The highest BCUT2D eigenvalue weighted by molar-refractivity contribution is 8.01. The van der Waals surface area contributed by atoms with Gasteiger partial charge in [-0.15, -0.1) is 11.8 Å². The molecule has 0 aliphatic carbocycles. The predicted octanol–water partition coefficient (Wildman–Crippen LogP) is 2.35. The lowest BCUT2D eigenvalue weighted by molar-refractivity contribution is -0.136. The van der Waals surface area contributed by atoms with Crippen molar-refractivity contribution in [1.29, 1.82) is 0 Å². The zero-order valence-electron chi connectivity index (χ0n) is 11.5. The largest absolute Gasteiger partial charge is 0.480 e. The summed E-state index contributed by atoms with van der Waals surface area (Å²) in [5.41, 5.74) is 1.24. The third kappa shape index (κ3) is 5.21. The van der Waals surface area contributed by atoms with Crippen LogP contribution in [-0.4, -0.2) is 28.0 Å². The third-order valence-electron chi connectivity index (χ3n) is 2.79. The predicted molar refractivity (Wildman–Crippen MR) is 77.2 cm³/mol. The molecular weight excluding hydrogens is 281 g/mol. The number of aliphatic carboxylic acids is 1. The van der Waals surface area contributed by atoms with Gasteiger partial charge in [0.15, 0.2) is 0 Å². The molecule has 0 heterocycles. The number of benzene rings is 1. The molecule has 0 bridgehead atoms. The Morgan fingerprint density at radius 3 is 2.70 bits per heavy atom. The number of carbonyl (C=O) groups is 2. The van der Waals surface area contributed by atoms with E-state index >= 15 is 0 Å². The van der Waals surface area contributed by atoms with Crippen LogP contribution in [0.1, 0.15) is 24.5 Å². The number of carboxylic acid groups (broad SMARTS) is 1. The lowest BCUT2D eigenvalue weighted by Gasteiger charge is -2.10. The number of amides is 1. The lowest BCUT2D eigenvalue weighted by atomic mass is 10.1. The highest BCUT2D eigenvalue weighted by Crippen LogP contribution is 2.14. The Labute approximate surface area is 121 Å². The number of aryl methyl sites for hydroxylation is 1. The molecule has 1 atom stereocenters. The number of thioether (sulfide) groups is 1. The van der Waals surface area contributed by atoms with Gasteiger partial charge in [0.2, 0.25) is 5.91 Å². The van der Waals surface area contributed by atoms with Crippen molar-refractivity contribution in [2.24, 2.45) is 0 Å². The van der Waals surface area contributed by atoms with E-state index < -0.39 is 11.2 Å². The second-order valence-corrected chi connectivity index (χ2v) is 5.60. The summed E-state index contributed by atoms with van der Waals surface area (Å²) in [5.74, 6) is -1.39. The number of carboxylic acids is 1. The molecule has 6 heteroatoms. The topological polar surface area (TPSA) is 66.4 Å². The van der Waals surface area contributed by atoms with E-state index in [0.717, 1.165) is 11.8 Å². The van der Waals surface area contributed by atoms with Crippen molar-refractivity contribution in [3.05, 3.63) is 35.1 Å². The molecule has 0 radical (unpaired) electrons. The molecule has 0 saturated heterocycles. The van der Waals surface area contributed by atoms with E-state index in [0.29, 0.717) is 17.5 Å². The average Bonchev–Trinajstić information content (AvgIpc) is 2.40. The summed E-state index contributed by atoms with van der Waals surface area (Å²) in [7, 11) is 0. The number of rotatable bonds is 7. The first-order chi connectivity index (χ1) is 9.43. The minimum absolute atomic E-state index is 0.0825. The first-order valence-electron chi connectivity index (χ1n) is 6.30. The van der Waals surface area contributed by atoms with E-state index in [9.17, 15) is 14.0 Å². The van der Waals surface area contributed by atoms with Crippen molar-refractivity contribution in [1.82, 2.24) is 5.32 Å². The molecule has 1 rings (SSSR count). The zero-order chi connectivity index (χ0) is 15.1. The van der Waals surface area contributed by atoms with Crippen LogP contribution in [0.2, 0.25) is 0 Å². The molecule has 110 valence electrons. The van der Waals surface area contributed by atoms with Crippen molar-refractivity contribution in [3.8, 4) is 0 Å². The van der Waals surface area contributed by atoms with E-state index in [2.05, 4.69) is 5.32 Å². The maximum absolute atomic E-state index is 13.3. The second-order valence-electron chi connectivity index (χ2n) is 4.41. The van der Waals surface area contributed by atoms with Crippen molar-refractivity contribution in [2.45, 2.75) is 32.1 Å². The fourth-order valence-corrected chi connectivity index (χ4v) is 2.37. The van der Waals surface area contributed by atoms with E-state index in [-0.39, 0.29) is 24.0 Å². The van der Waals surface area contributed by atoms with E-state index in [1.807, 2.05) is 0 Å². The molecule has 4 nitrogen and oxygen atoms in total. The summed E-state index contributed by atoms with van der Waals surface area (Å²) in [4.78, 5) is 22.4. The minimum Gasteiger partial charge on any atom is -0.480 e. The van der Waals surface area contributed by atoms with Gasteiger partial charge in [0.1, 0.15) is 11.1 Å². The first-order valence-corrected chi connectivity index (χ1v) is 7.35. The van der Waals surface area contributed by atoms with Gasteiger partial charge in [0.25, 0.3) is 0 Å². The molecule has 1 aromatic carbocycles. The van der Waals surface area contributed by atoms with Crippen molar-refractivity contribution < 1.29 is 19.1 Å². The van der Waals surface area contributed by atoms with Crippen LogP contribution in [-0.2, 0) is 16.1 Å². The Morgan fingerprint density at radius 1 is 1.45 bits per heavy atom. The molecule has 0 saturated carbocycles. The first kappa shape index (κ1) is 16.5. The molecule has 1 aromatic rings. The van der Waals surface area contributed by atoms with Crippen LogP contribution in [0.3, 0.4) is 0 Å². The third-order valence-corrected chi connectivity index (χ3v) is 4.15. The van der Waals surface area contributed by atoms with Crippen LogP contribution in [0, 0.1) is 12.7 Å². The normalized spacial score (nSPS) is 11.9. The molecular formula is C14H18FNO3S. The SMILES string of the molecule is CCC(SCC(=O)NCc1ccc(C)c(F)c1)C(=O)O. The van der Waals surface area contributed by atoms with Gasteiger partial charge in [-0.1, -0.05) is 19.1 Å². The van der Waals surface area contributed by atoms with Crippen molar-refractivity contribution in [3.63, 3.8) is 0 Å². The van der Waals surface area contributed by atoms with Gasteiger partial charge in [0, 0.05) is 6.54 Å². The fraction of sp³-hybridized carbons (Fsp3) is 0.429. The smallest absolute Gasteiger partial charge is 0.316 e. The Bertz CT molecular complexity index is 493. The summed E-state index contributed by atoms with van der Waals surface area (Å²) in [6, 6.07) is 4.79. The van der Waals surface area contributed by atoms with Crippen molar-refractivity contribution in [2.75, 3.05) is 5.75 Å². The fourth-order valence-electron chi connectivity index (χ4n) is 1.54. The van der Waals surface area contributed by atoms with Crippen molar-refractivity contribution >= 4 is 23.6 Å². The van der Waals surface area contributed by atoms with Crippen LogP contribution in [0.5, 0.6) is 0 Å². The van der Waals surface area contributed by atoms with Gasteiger partial charge < -0.3 is 10.4 Å². The Hall–Kier alpha value is -1.56. The van der Waals surface area contributed by atoms with E-state index in [1.165, 1.54) is 6.07 Å². The highest BCUT2D eigenvalue weighted by Gasteiger charge is 2.16. The highest BCUT2D eigenvalue weighted by atomic mass is 32.2. The van der Waals surface area contributed by atoms with Gasteiger partial charge >= 0.3 is 5.97 Å². The molecule has 0 aliphatic heterocycles. The van der Waals surface area contributed by atoms with Gasteiger partial charge in [-0.05, 0) is 30.5 Å². The maximum Gasteiger partial charge on any atom is 0.316 e. The molecule has 1 unspecified atom stereocenters. The zero-order valence-corrected chi connectivity index (χ0v) is 12.3. The Morgan fingerprint density at radius 2 is 2.15 bits per heavy atom. The number of hydrogen-bond donors (Lipinski definition) is 2. The summed E-state index contributed by atoms with van der Waals surface area (Å²) >= 11 is 1.09. The molecule has 2 N–H and O–H groups in total. The van der Waals surface area contributed by atoms with Crippen LogP contribution < -0.4 is 5.32 Å². The summed E-state index contributed by atoms with van der Waals surface area (Å²) in [6.07, 6.45) is 0.469. The van der Waals surface area contributed by atoms with Gasteiger partial charge in [-0.3, -0.25) is 9.59 Å². The number of halogens is 1. The summed E-state index contributed by atoms with van der Waals surface area (Å²) in [6.45, 7) is 3.67. The molecule has 0 spiro atoms. The second kappa shape index (κ2) is 7.89. The van der Waals surface area contributed by atoms with E-state index in [1.54, 1.807) is 26.0 Å². The van der Waals surface area contributed by atoms with Crippen LogP contribution in [0.15, 0.2) is 18.2 Å². The van der Waals surface area contributed by atoms with Crippen LogP contribution in [0.25, 0.3) is 0 Å². The standard InChI is InChI=1S/C14H18FNO3S/c1-3-12(14(18)19)20-8-13(17)16-7-10-5-4-9(2)11(15)6-10/h4-6,12H,3,7-8H2,1-2H3,(H,16,17)(H,18,19). The molecule has 0 fully saturated rings. The van der Waals surface area contributed by atoms with Crippen LogP contribution >= 0.6 is 11.8 Å². The van der Waals surface area contributed by atoms with Crippen LogP contribution in [0.4, 0.5) is 4.39 Å². The molecule has 0 aromatic heterocycles. The van der Waals surface area contributed by atoms with Gasteiger partial charge in [0.05, 0.1) is 5.75 Å². The quantitative estimate of drug-likeness (QED) is 0.811. The molecule has 0 aliphatic rings. The number of hydrogen-bond acceptors (Lipinski definition) is 3. The monoisotopic (exact) mass is 299 g/mol. The van der Waals surface area contributed by atoms with Gasteiger partial charge in [-0.2, -0.15) is 0 Å². The molecule has 1 amide bonds. The van der Waals surface area contributed by atoms with Gasteiger partial charge in [-0.25, -0.2) is 4.39 Å². The van der Waals surface area contributed by atoms with E-state index in [4.69, 9.17) is 5.11 Å². The Kier molecular flexibility index (Phi) is 6.51. The lowest BCUT2D eigenvalue weighted by Crippen LogP contribution is -2.27. The summed E-state index contributed by atoms with van der Waals surface area (Å²) < 4.78 is 13.3. The summed E-state index contributed by atoms with van der Waals surface area (Å²) in [5, 5.41) is 10.9. The maximum atomic E-state index is 13.3. The average molecular weight is 299 g/mol. The Balaban J connectivity index is 2.39. The molecule has 20 heavy (non-hydrogen) atoms. The minimum atomic E-state index is -0.911.